The maximum Gasteiger partial charge on any atom is 0.317 e. The van der Waals surface area contributed by atoms with Crippen molar-refractivity contribution in [1.29, 1.82) is 0 Å². The molecule has 0 aromatic heterocycles. The van der Waals surface area contributed by atoms with Crippen LogP contribution < -0.4 is 5.32 Å². The molecule has 1 aliphatic heterocycles. The zero-order valence-corrected chi connectivity index (χ0v) is 16.8. The summed E-state index contributed by atoms with van der Waals surface area (Å²) in [4.78, 5) is 30.6. The lowest BCUT2D eigenvalue weighted by Gasteiger charge is -2.25. The molecule has 1 fully saturated rings. The topological polar surface area (TPSA) is 55.9 Å². The fourth-order valence-electron chi connectivity index (χ4n) is 3.44. The number of carbonyl (C=O) groups is 2. The summed E-state index contributed by atoms with van der Waals surface area (Å²) < 4.78 is 0. The zero-order valence-electron chi connectivity index (χ0n) is 16.8. The van der Waals surface area contributed by atoms with E-state index in [1.807, 2.05) is 41.8 Å². The van der Waals surface area contributed by atoms with E-state index in [1.54, 1.807) is 0 Å². The normalized spacial score (nSPS) is 15.3. The highest BCUT2D eigenvalue weighted by molar-refractivity contribution is 5.78. The van der Waals surface area contributed by atoms with Gasteiger partial charge >= 0.3 is 6.03 Å². The van der Waals surface area contributed by atoms with Gasteiger partial charge in [0.25, 0.3) is 0 Å². The van der Waals surface area contributed by atoms with Gasteiger partial charge in [0.2, 0.25) is 5.91 Å². The average Bonchev–Trinajstić information content (AvgIpc) is 2.92. The van der Waals surface area contributed by atoms with E-state index < -0.39 is 0 Å². The summed E-state index contributed by atoms with van der Waals surface area (Å²) in [7, 11) is 0. The van der Waals surface area contributed by atoms with Crippen molar-refractivity contribution in [3.8, 4) is 0 Å². The molecule has 27 heavy (non-hydrogen) atoms. The number of likely N-dealkylation sites (N-methyl/N-ethyl adjacent to an activating group) is 1. The third-order valence-electron chi connectivity index (χ3n) is 5.11. The van der Waals surface area contributed by atoms with Crippen LogP contribution in [0, 0.1) is 0 Å². The Morgan fingerprint density at radius 2 is 1.78 bits per heavy atom. The van der Waals surface area contributed by atoms with Crippen LogP contribution >= 0.6 is 0 Å². The summed E-state index contributed by atoms with van der Waals surface area (Å²) in [5.74, 6) is 0.179. The molecule has 3 amide bonds. The van der Waals surface area contributed by atoms with Crippen LogP contribution in [-0.4, -0.2) is 79.0 Å². The van der Waals surface area contributed by atoms with Gasteiger partial charge in [-0.1, -0.05) is 30.3 Å². The summed E-state index contributed by atoms with van der Waals surface area (Å²) in [6, 6.07) is 10.3. The fraction of sp³-hybridized carbons (Fsp3) is 0.619. The van der Waals surface area contributed by atoms with Crippen LogP contribution in [-0.2, 0) is 11.2 Å². The lowest BCUT2D eigenvalue weighted by atomic mass is 10.1. The molecule has 6 nitrogen and oxygen atoms in total. The minimum atomic E-state index is 0.0139. The highest BCUT2D eigenvalue weighted by Gasteiger charge is 2.21. The summed E-state index contributed by atoms with van der Waals surface area (Å²) in [5, 5.41) is 3.04. The van der Waals surface area contributed by atoms with E-state index in [4.69, 9.17) is 0 Å². The molecule has 1 saturated heterocycles. The Balaban J connectivity index is 1.68. The van der Waals surface area contributed by atoms with Gasteiger partial charge in [-0.15, -0.1) is 0 Å². The first-order valence-electron chi connectivity index (χ1n) is 10.2. The third-order valence-corrected chi connectivity index (χ3v) is 5.11. The molecule has 0 radical (unpaired) electrons. The van der Waals surface area contributed by atoms with Crippen molar-refractivity contribution in [2.75, 3.05) is 52.4 Å². The van der Waals surface area contributed by atoms with Crippen LogP contribution in [0.25, 0.3) is 0 Å². The maximum atomic E-state index is 12.4. The lowest BCUT2D eigenvalue weighted by Crippen LogP contribution is -2.44. The van der Waals surface area contributed by atoms with Gasteiger partial charge in [-0.05, 0) is 38.7 Å². The monoisotopic (exact) mass is 374 g/mol. The van der Waals surface area contributed by atoms with Crippen LogP contribution in [0.1, 0.15) is 32.3 Å². The zero-order chi connectivity index (χ0) is 19.5. The number of benzene rings is 1. The number of nitrogens with zero attached hydrogens (tertiary/aromatic N) is 3. The van der Waals surface area contributed by atoms with Crippen molar-refractivity contribution < 1.29 is 9.59 Å². The first kappa shape index (κ1) is 21.2. The van der Waals surface area contributed by atoms with E-state index in [2.05, 4.69) is 22.3 Å². The Morgan fingerprint density at radius 1 is 1.04 bits per heavy atom. The Morgan fingerprint density at radius 3 is 2.48 bits per heavy atom. The number of urea groups is 1. The molecular formula is C21H34N4O2. The number of hydrogen-bond acceptors (Lipinski definition) is 3. The van der Waals surface area contributed by atoms with E-state index in [1.165, 1.54) is 5.56 Å². The molecule has 1 aromatic carbocycles. The molecule has 0 bridgehead atoms. The number of carbonyl (C=O) groups excluding carboxylic acids is 2. The Labute approximate surface area is 163 Å². The maximum absolute atomic E-state index is 12.4. The predicted molar refractivity (Wildman–Crippen MR) is 109 cm³/mol. The summed E-state index contributed by atoms with van der Waals surface area (Å²) in [6.45, 7) is 9.71. The first-order chi connectivity index (χ1) is 13.1. The summed E-state index contributed by atoms with van der Waals surface area (Å²) in [6.07, 6.45) is 2.82. The number of aryl methyl sites for hydroxylation is 1. The van der Waals surface area contributed by atoms with Crippen LogP contribution in [0.2, 0.25) is 0 Å². The highest BCUT2D eigenvalue weighted by atomic mass is 16.2. The van der Waals surface area contributed by atoms with Crippen molar-refractivity contribution in [1.82, 2.24) is 20.0 Å². The highest BCUT2D eigenvalue weighted by Crippen LogP contribution is 2.05. The average molecular weight is 375 g/mol. The Bertz CT molecular complexity index is 575. The quantitative estimate of drug-likeness (QED) is 0.710. The molecule has 0 atom stereocenters. The van der Waals surface area contributed by atoms with Crippen LogP contribution in [0.15, 0.2) is 30.3 Å². The molecule has 1 heterocycles. The smallest absolute Gasteiger partial charge is 0.317 e. The van der Waals surface area contributed by atoms with E-state index in [0.29, 0.717) is 19.6 Å². The Kier molecular flexibility index (Phi) is 9.11. The summed E-state index contributed by atoms with van der Waals surface area (Å²) in [5.41, 5.74) is 1.30. The Hall–Kier alpha value is -2.08. The van der Waals surface area contributed by atoms with Gasteiger partial charge in [0.15, 0.2) is 0 Å². The van der Waals surface area contributed by atoms with Crippen LogP contribution in [0.4, 0.5) is 4.79 Å². The number of amides is 3. The minimum absolute atomic E-state index is 0.0139. The second-order valence-electron chi connectivity index (χ2n) is 7.00. The largest absolute Gasteiger partial charge is 0.342 e. The molecule has 1 aromatic rings. The van der Waals surface area contributed by atoms with Gasteiger partial charge in [0.1, 0.15) is 0 Å². The molecule has 1 N–H and O–H groups in total. The van der Waals surface area contributed by atoms with Gasteiger partial charge in [0, 0.05) is 45.8 Å². The minimum Gasteiger partial charge on any atom is -0.342 e. The van der Waals surface area contributed by atoms with Gasteiger partial charge in [-0.25, -0.2) is 4.79 Å². The van der Waals surface area contributed by atoms with Crippen molar-refractivity contribution in [3.63, 3.8) is 0 Å². The van der Waals surface area contributed by atoms with E-state index in [0.717, 1.165) is 52.0 Å². The van der Waals surface area contributed by atoms with Gasteiger partial charge < -0.3 is 15.1 Å². The van der Waals surface area contributed by atoms with E-state index >= 15 is 0 Å². The fourth-order valence-corrected chi connectivity index (χ4v) is 3.44. The molecule has 6 heteroatoms. The van der Waals surface area contributed by atoms with Crippen molar-refractivity contribution in [3.05, 3.63) is 35.9 Å². The van der Waals surface area contributed by atoms with Crippen molar-refractivity contribution in [2.45, 2.75) is 33.1 Å². The molecule has 2 rings (SSSR count). The predicted octanol–water partition coefficient (Wildman–Crippen LogP) is 2.20. The van der Waals surface area contributed by atoms with E-state index in [-0.39, 0.29) is 11.9 Å². The van der Waals surface area contributed by atoms with Crippen molar-refractivity contribution in [2.24, 2.45) is 0 Å². The number of hydrogen-bond donors (Lipinski definition) is 1. The molecule has 0 aliphatic carbocycles. The second-order valence-corrected chi connectivity index (χ2v) is 7.00. The van der Waals surface area contributed by atoms with Gasteiger partial charge in [0.05, 0.1) is 6.54 Å². The molecular weight excluding hydrogens is 340 g/mol. The lowest BCUT2D eigenvalue weighted by molar-refractivity contribution is -0.132. The van der Waals surface area contributed by atoms with Crippen LogP contribution in [0.5, 0.6) is 0 Å². The second kappa shape index (κ2) is 11.6. The molecule has 150 valence electrons. The SMILES string of the molecule is CCN(CC)C(=O)CN1CCCN(C(=O)NCCCc2ccccc2)CC1. The molecule has 0 saturated carbocycles. The first-order valence-corrected chi connectivity index (χ1v) is 10.2. The third kappa shape index (κ3) is 7.21. The van der Waals surface area contributed by atoms with Gasteiger partial charge in [-0.3, -0.25) is 9.69 Å². The van der Waals surface area contributed by atoms with E-state index in [9.17, 15) is 9.59 Å². The van der Waals surface area contributed by atoms with Crippen molar-refractivity contribution >= 4 is 11.9 Å². The number of rotatable bonds is 8. The van der Waals surface area contributed by atoms with Crippen LogP contribution in [0.3, 0.4) is 0 Å². The standard InChI is InChI=1S/C21H34N4O2/c1-3-24(4-2)20(26)18-23-14-9-15-25(17-16-23)21(27)22-13-8-12-19-10-6-5-7-11-19/h5-7,10-11H,3-4,8-9,12-18H2,1-2H3,(H,22,27). The van der Waals surface area contributed by atoms with Gasteiger partial charge in [-0.2, -0.15) is 0 Å². The molecule has 0 unspecified atom stereocenters. The molecule has 1 aliphatic rings. The summed E-state index contributed by atoms with van der Waals surface area (Å²) >= 11 is 0. The molecule has 0 spiro atoms. The number of nitrogens with one attached hydrogen (secondary N) is 1.